The number of ether oxygens (including phenoxy) is 1. The van der Waals surface area contributed by atoms with Crippen molar-refractivity contribution >= 4 is 5.91 Å². The largest absolute Gasteiger partial charge is 0.381 e. The maximum atomic E-state index is 11.9. The molecule has 4 nitrogen and oxygen atoms in total. The summed E-state index contributed by atoms with van der Waals surface area (Å²) in [7, 11) is 1.72. The van der Waals surface area contributed by atoms with E-state index in [1.165, 1.54) is 0 Å². The highest BCUT2D eigenvalue weighted by Gasteiger charge is 2.31. The van der Waals surface area contributed by atoms with Gasteiger partial charge in [-0.2, -0.15) is 0 Å². The second-order valence-corrected chi connectivity index (χ2v) is 4.46. The van der Waals surface area contributed by atoms with Crippen molar-refractivity contribution in [3.63, 3.8) is 0 Å². The normalized spacial score (nSPS) is 27.1. The van der Waals surface area contributed by atoms with Gasteiger partial charge in [-0.05, 0) is 12.8 Å². The van der Waals surface area contributed by atoms with Crippen LogP contribution < -0.4 is 5.73 Å². The summed E-state index contributed by atoms with van der Waals surface area (Å²) >= 11 is 0. The van der Waals surface area contributed by atoms with Crippen molar-refractivity contribution < 1.29 is 9.53 Å². The molecule has 0 aromatic carbocycles. The molecule has 2 unspecified atom stereocenters. The fourth-order valence-corrected chi connectivity index (χ4v) is 2.07. The Hall–Kier alpha value is -0.610. The van der Waals surface area contributed by atoms with Gasteiger partial charge in [0.1, 0.15) is 0 Å². The van der Waals surface area contributed by atoms with Crippen LogP contribution in [0, 0.1) is 5.92 Å². The Bertz CT molecular complexity index is 219. The molecule has 15 heavy (non-hydrogen) atoms. The number of nitrogens with two attached hydrogens (primary N) is 1. The molecule has 88 valence electrons. The molecule has 0 spiro atoms. The van der Waals surface area contributed by atoms with Crippen LogP contribution in [-0.2, 0) is 9.53 Å². The molecule has 1 heterocycles. The van der Waals surface area contributed by atoms with Crippen LogP contribution in [0.25, 0.3) is 0 Å². The molecule has 0 radical (unpaired) electrons. The quantitative estimate of drug-likeness (QED) is 0.749. The zero-order valence-corrected chi connectivity index (χ0v) is 9.90. The molecule has 1 fully saturated rings. The fourth-order valence-electron chi connectivity index (χ4n) is 2.07. The van der Waals surface area contributed by atoms with Gasteiger partial charge in [-0.25, -0.2) is 0 Å². The second-order valence-electron chi connectivity index (χ2n) is 4.46. The second kappa shape index (κ2) is 5.47. The number of amides is 1. The van der Waals surface area contributed by atoms with E-state index >= 15 is 0 Å². The van der Waals surface area contributed by atoms with Crippen LogP contribution in [0.4, 0.5) is 0 Å². The number of carbonyl (C=O) groups excluding carboxylic acids is 1. The van der Waals surface area contributed by atoms with Gasteiger partial charge < -0.3 is 15.4 Å². The van der Waals surface area contributed by atoms with Crippen LogP contribution in [0.2, 0.25) is 0 Å². The summed E-state index contributed by atoms with van der Waals surface area (Å²) in [5, 5.41) is 0. The van der Waals surface area contributed by atoms with E-state index in [0.29, 0.717) is 6.54 Å². The summed E-state index contributed by atoms with van der Waals surface area (Å²) in [5.41, 5.74) is 5.70. The van der Waals surface area contributed by atoms with E-state index in [-0.39, 0.29) is 24.0 Å². The van der Waals surface area contributed by atoms with E-state index in [2.05, 4.69) is 0 Å². The minimum atomic E-state index is 0.0538. The summed E-state index contributed by atoms with van der Waals surface area (Å²) in [6.45, 7) is 5.16. The number of methoxy groups -OCH3 is 1. The molecule has 2 atom stereocenters. The Morgan fingerprint density at radius 2 is 2.27 bits per heavy atom. The molecule has 1 saturated heterocycles. The summed E-state index contributed by atoms with van der Waals surface area (Å²) in [6.07, 6.45) is 2.05. The van der Waals surface area contributed by atoms with Crippen molar-refractivity contribution in [1.82, 2.24) is 4.90 Å². The lowest BCUT2D eigenvalue weighted by Crippen LogP contribution is -2.52. The first-order valence-corrected chi connectivity index (χ1v) is 5.63. The van der Waals surface area contributed by atoms with E-state index in [9.17, 15) is 4.79 Å². The van der Waals surface area contributed by atoms with Crippen molar-refractivity contribution in [2.75, 3.05) is 20.2 Å². The monoisotopic (exact) mass is 214 g/mol. The number of piperidine rings is 1. The third-order valence-corrected chi connectivity index (χ3v) is 3.05. The molecule has 2 N–H and O–H groups in total. The molecule has 1 rings (SSSR count). The Morgan fingerprint density at radius 3 is 2.73 bits per heavy atom. The molecule has 0 aromatic heterocycles. The van der Waals surface area contributed by atoms with Crippen LogP contribution in [0.3, 0.4) is 0 Å². The molecular weight excluding hydrogens is 192 g/mol. The predicted molar refractivity (Wildman–Crippen MR) is 59.4 cm³/mol. The van der Waals surface area contributed by atoms with E-state index in [1.54, 1.807) is 7.11 Å². The van der Waals surface area contributed by atoms with Crippen LogP contribution in [0.5, 0.6) is 0 Å². The standard InChI is InChI=1S/C11H22N2O2/c1-8(2)11(14)13-5-4-10(15-3)6-9(13)7-12/h8-10H,4-7,12H2,1-3H3. The number of nitrogens with zero attached hydrogens (tertiary/aromatic N) is 1. The highest BCUT2D eigenvalue weighted by Crippen LogP contribution is 2.20. The summed E-state index contributed by atoms with van der Waals surface area (Å²) in [4.78, 5) is 13.8. The number of carbonyl (C=O) groups is 1. The van der Waals surface area contributed by atoms with Gasteiger partial charge in [-0.15, -0.1) is 0 Å². The molecule has 0 saturated carbocycles. The zero-order valence-electron chi connectivity index (χ0n) is 9.90. The SMILES string of the molecule is COC1CCN(C(=O)C(C)C)C(CN)C1. The lowest BCUT2D eigenvalue weighted by molar-refractivity contribution is -0.140. The van der Waals surface area contributed by atoms with Gasteiger partial charge in [0.15, 0.2) is 0 Å². The molecule has 1 amide bonds. The maximum absolute atomic E-state index is 11.9. The zero-order chi connectivity index (χ0) is 11.4. The fraction of sp³-hybridized carbons (Fsp3) is 0.909. The van der Waals surface area contributed by atoms with Crippen LogP contribution in [-0.4, -0.2) is 43.2 Å². The summed E-state index contributed by atoms with van der Waals surface area (Å²) in [5.74, 6) is 0.262. The van der Waals surface area contributed by atoms with Crippen LogP contribution >= 0.6 is 0 Å². The topological polar surface area (TPSA) is 55.6 Å². The lowest BCUT2D eigenvalue weighted by atomic mass is 9.97. The van der Waals surface area contributed by atoms with Gasteiger partial charge in [-0.1, -0.05) is 13.8 Å². The molecule has 0 aliphatic carbocycles. The first-order chi connectivity index (χ1) is 7.10. The molecular formula is C11H22N2O2. The van der Waals surface area contributed by atoms with Gasteiger partial charge in [0.05, 0.1) is 6.10 Å². The Balaban J connectivity index is 2.62. The van der Waals surface area contributed by atoms with Crippen molar-refractivity contribution in [2.24, 2.45) is 11.7 Å². The van der Waals surface area contributed by atoms with E-state index in [0.717, 1.165) is 19.4 Å². The summed E-state index contributed by atoms with van der Waals surface area (Å²) in [6, 6.07) is 0.151. The first-order valence-electron chi connectivity index (χ1n) is 5.63. The van der Waals surface area contributed by atoms with E-state index in [1.807, 2.05) is 18.7 Å². The van der Waals surface area contributed by atoms with Crippen molar-refractivity contribution in [1.29, 1.82) is 0 Å². The Labute approximate surface area is 91.8 Å². The van der Waals surface area contributed by atoms with Gasteiger partial charge in [0.2, 0.25) is 5.91 Å². The minimum Gasteiger partial charge on any atom is -0.381 e. The molecule has 0 bridgehead atoms. The minimum absolute atomic E-state index is 0.0538. The Kier molecular flexibility index (Phi) is 4.54. The highest BCUT2D eigenvalue weighted by atomic mass is 16.5. The smallest absolute Gasteiger partial charge is 0.225 e. The van der Waals surface area contributed by atoms with Crippen molar-refractivity contribution in [3.8, 4) is 0 Å². The average molecular weight is 214 g/mol. The maximum Gasteiger partial charge on any atom is 0.225 e. The van der Waals surface area contributed by atoms with Gasteiger partial charge >= 0.3 is 0 Å². The Morgan fingerprint density at radius 1 is 1.60 bits per heavy atom. The van der Waals surface area contributed by atoms with Crippen LogP contribution in [0.1, 0.15) is 26.7 Å². The van der Waals surface area contributed by atoms with Crippen molar-refractivity contribution in [2.45, 2.75) is 38.8 Å². The van der Waals surface area contributed by atoms with E-state index in [4.69, 9.17) is 10.5 Å². The van der Waals surface area contributed by atoms with E-state index < -0.39 is 0 Å². The number of hydrogen-bond acceptors (Lipinski definition) is 3. The highest BCUT2D eigenvalue weighted by molar-refractivity contribution is 5.78. The van der Waals surface area contributed by atoms with Gasteiger partial charge in [-0.3, -0.25) is 4.79 Å². The van der Waals surface area contributed by atoms with Crippen LogP contribution in [0.15, 0.2) is 0 Å². The number of rotatable bonds is 3. The van der Waals surface area contributed by atoms with Gasteiger partial charge in [0, 0.05) is 32.2 Å². The number of likely N-dealkylation sites (tertiary alicyclic amines) is 1. The molecule has 4 heteroatoms. The van der Waals surface area contributed by atoms with Gasteiger partial charge in [0.25, 0.3) is 0 Å². The molecule has 1 aliphatic rings. The number of hydrogen-bond donors (Lipinski definition) is 1. The molecule has 1 aliphatic heterocycles. The first kappa shape index (κ1) is 12.5. The molecule has 0 aromatic rings. The summed E-state index contributed by atoms with van der Waals surface area (Å²) < 4.78 is 5.32. The third-order valence-electron chi connectivity index (χ3n) is 3.05. The third kappa shape index (κ3) is 2.92. The lowest BCUT2D eigenvalue weighted by Gasteiger charge is -2.39. The van der Waals surface area contributed by atoms with Crippen molar-refractivity contribution in [3.05, 3.63) is 0 Å². The average Bonchev–Trinajstić information content (AvgIpc) is 2.27. The predicted octanol–water partition coefficient (Wildman–Crippen LogP) is 0.607.